The molecule has 30 heavy (non-hydrogen) atoms. The Morgan fingerprint density at radius 2 is 1.77 bits per heavy atom. The first kappa shape index (κ1) is 24.0. The van der Waals surface area contributed by atoms with Crippen LogP contribution in [0.25, 0.3) is 0 Å². The van der Waals surface area contributed by atoms with Crippen LogP contribution < -0.4 is 4.72 Å². The van der Waals surface area contributed by atoms with Crippen LogP contribution in [0.4, 0.5) is 0 Å². The number of likely N-dealkylation sites (tertiary alicyclic amines) is 1. The quantitative estimate of drug-likeness (QED) is 0.652. The van der Waals surface area contributed by atoms with Gasteiger partial charge in [0.2, 0.25) is 15.9 Å². The van der Waals surface area contributed by atoms with E-state index in [2.05, 4.69) is 18.6 Å². The largest absolute Gasteiger partial charge is 0.381 e. The zero-order chi connectivity index (χ0) is 21.7. The highest BCUT2D eigenvalue weighted by Gasteiger charge is 2.39. The number of carbonyl (C=O) groups is 1. The molecule has 3 fully saturated rings. The summed E-state index contributed by atoms with van der Waals surface area (Å²) >= 11 is 0. The van der Waals surface area contributed by atoms with Gasteiger partial charge in [0.25, 0.3) is 0 Å². The van der Waals surface area contributed by atoms with Crippen molar-refractivity contribution in [2.45, 2.75) is 83.4 Å². The summed E-state index contributed by atoms with van der Waals surface area (Å²) in [4.78, 5) is 15.2. The third-order valence-electron chi connectivity index (χ3n) is 7.16. The van der Waals surface area contributed by atoms with Gasteiger partial charge in [-0.3, -0.25) is 4.79 Å². The van der Waals surface area contributed by atoms with Crippen LogP contribution in [0, 0.1) is 17.8 Å². The van der Waals surface area contributed by atoms with E-state index in [4.69, 9.17) is 9.47 Å². The molecule has 2 atom stereocenters. The Morgan fingerprint density at radius 3 is 2.37 bits per heavy atom. The molecule has 1 N–H and O–H groups in total. The topological polar surface area (TPSA) is 84.9 Å². The van der Waals surface area contributed by atoms with E-state index in [1.807, 2.05) is 4.90 Å². The Bertz CT molecular complexity index is 654. The number of rotatable bonds is 7. The van der Waals surface area contributed by atoms with Crippen molar-refractivity contribution in [2.75, 3.05) is 32.6 Å². The van der Waals surface area contributed by atoms with E-state index in [1.165, 1.54) is 19.1 Å². The van der Waals surface area contributed by atoms with Crippen molar-refractivity contribution in [2.24, 2.45) is 17.8 Å². The average molecular weight is 445 g/mol. The van der Waals surface area contributed by atoms with Crippen molar-refractivity contribution in [1.82, 2.24) is 9.62 Å². The van der Waals surface area contributed by atoms with Crippen LogP contribution >= 0.6 is 0 Å². The number of amides is 1. The fraction of sp³-hybridized carbons (Fsp3) is 0.955. The number of carbonyl (C=O) groups excluding carboxylic acids is 1. The summed E-state index contributed by atoms with van der Waals surface area (Å²) in [5, 5.41) is 0. The van der Waals surface area contributed by atoms with Crippen LogP contribution in [-0.4, -0.2) is 70.0 Å². The molecule has 0 bridgehead atoms. The predicted octanol–water partition coefficient (Wildman–Crippen LogP) is 2.55. The Kier molecular flexibility index (Phi) is 8.58. The summed E-state index contributed by atoms with van der Waals surface area (Å²) in [5.74, 6) is 1.58. The van der Waals surface area contributed by atoms with Crippen LogP contribution in [0.1, 0.15) is 65.2 Å². The van der Waals surface area contributed by atoms with Gasteiger partial charge in [-0.2, -0.15) is 0 Å². The van der Waals surface area contributed by atoms with E-state index in [9.17, 15) is 13.2 Å². The molecule has 1 amide bonds. The highest BCUT2D eigenvalue weighted by Crippen LogP contribution is 2.32. The zero-order valence-corrected chi connectivity index (χ0v) is 19.7. The molecule has 0 aromatic carbocycles. The van der Waals surface area contributed by atoms with Crippen molar-refractivity contribution >= 4 is 15.9 Å². The lowest BCUT2D eigenvalue weighted by Crippen LogP contribution is -2.60. The molecular weight excluding hydrogens is 404 g/mol. The second-order valence-corrected chi connectivity index (χ2v) is 11.5. The summed E-state index contributed by atoms with van der Waals surface area (Å²) in [5.41, 5.74) is 0. The Labute approximate surface area is 182 Å². The molecule has 2 aliphatic heterocycles. The molecule has 0 aromatic rings. The van der Waals surface area contributed by atoms with Gasteiger partial charge in [0.05, 0.1) is 25.0 Å². The van der Waals surface area contributed by atoms with E-state index in [0.717, 1.165) is 44.4 Å². The van der Waals surface area contributed by atoms with Gasteiger partial charge in [-0.05, 0) is 63.2 Å². The molecule has 1 saturated carbocycles. The van der Waals surface area contributed by atoms with Crippen molar-refractivity contribution < 1.29 is 22.7 Å². The molecule has 0 unspecified atom stereocenters. The van der Waals surface area contributed by atoms with Crippen LogP contribution in [-0.2, 0) is 24.3 Å². The fourth-order valence-electron chi connectivity index (χ4n) is 5.28. The van der Waals surface area contributed by atoms with E-state index < -0.39 is 10.0 Å². The first-order valence-electron chi connectivity index (χ1n) is 11.7. The fourth-order valence-corrected chi connectivity index (χ4v) is 6.11. The van der Waals surface area contributed by atoms with Crippen molar-refractivity contribution in [1.29, 1.82) is 0 Å². The summed E-state index contributed by atoms with van der Waals surface area (Å²) < 4.78 is 38.4. The van der Waals surface area contributed by atoms with E-state index in [0.29, 0.717) is 32.3 Å². The number of hydrogen-bond acceptors (Lipinski definition) is 5. The van der Waals surface area contributed by atoms with Crippen LogP contribution in [0.2, 0.25) is 0 Å². The third kappa shape index (κ3) is 6.65. The molecule has 3 aliphatic rings. The van der Waals surface area contributed by atoms with Crippen molar-refractivity contribution in [3.8, 4) is 0 Å². The van der Waals surface area contributed by atoms with Gasteiger partial charge in [-0.1, -0.05) is 13.8 Å². The third-order valence-corrected chi connectivity index (χ3v) is 7.89. The minimum atomic E-state index is -3.35. The standard InChI is InChI=1S/C22H40N2O5S/c1-16(2)17-6-8-19(9-7-17)29-15-21-20(23-30(3,26)27)5-4-12-24(21)22(25)18-10-13-28-14-11-18/h16-21,23H,4-15H2,1-3H3/t17?,19?,20-,21-/m0/s1. The van der Waals surface area contributed by atoms with Gasteiger partial charge >= 0.3 is 0 Å². The van der Waals surface area contributed by atoms with Crippen molar-refractivity contribution in [3.63, 3.8) is 0 Å². The molecule has 0 spiro atoms. The lowest BCUT2D eigenvalue weighted by molar-refractivity contribution is -0.146. The molecule has 8 heteroatoms. The lowest BCUT2D eigenvalue weighted by Gasteiger charge is -2.43. The number of nitrogens with zero attached hydrogens (tertiary/aromatic N) is 1. The van der Waals surface area contributed by atoms with E-state index in [1.54, 1.807) is 0 Å². The van der Waals surface area contributed by atoms with Gasteiger partial charge < -0.3 is 14.4 Å². The molecule has 2 heterocycles. The highest BCUT2D eigenvalue weighted by atomic mass is 32.2. The summed E-state index contributed by atoms with van der Waals surface area (Å²) in [7, 11) is -3.35. The van der Waals surface area contributed by atoms with Gasteiger partial charge in [0, 0.05) is 31.7 Å². The smallest absolute Gasteiger partial charge is 0.226 e. The molecule has 3 rings (SSSR count). The van der Waals surface area contributed by atoms with Crippen LogP contribution in [0.15, 0.2) is 0 Å². The van der Waals surface area contributed by atoms with Gasteiger partial charge in [0.15, 0.2) is 0 Å². The molecule has 2 saturated heterocycles. The predicted molar refractivity (Wildman–Crippen MR) is 117 cm³/mol. The Balaban J connectivity index is 1.65. The monoisotopic (exact) mass is 444 g/mol. The second kappa shape index (κ2) is 10.7. The van der Waals surface area contributed by atoms with Gasteiger partial charge in [-0.15, -0.1) is 0 Å². The van der Waals surface area contributed by atoms with Crippen LogP contribution in [0.3, 0.4) is 0 Å². The lowest BCUT2D eigenvalue weighted by atomic mass is 9.80. The molecule has 7 nitrogen and oxygen atoms in total. The Morgan fingerprint density at radius 1 is 1.10 bits per heavy atom. The first-order valence-corrected chi connectivity index (χ1v) is 13.6. The molecule has 174 valence electrons. The maximum atomic E-state index is 13.3. The first-order chi connectivity index (χ1) is 14.2. The number of ether oxygens (including phenoxy) is 2. The van der Waals surface area contributed by atoms with E-state index in [-0.39, 0.29) is 30.0 Å². The molecule has 0 radical (unpaired) electrons. The average Bonchev–Trinajstić information content (AvgIpc) is 2.72. The number of piperidine rings is 1. The maximum absolute atomic E-state index is 13.3. The normalized spacial score (nSPS) is 31.8. The summed E-state index contributed by atoms with van der Waals surface area (Å²) in [6.07, 6.45) is 8.89. The number of sulfonamides is 1. The minimum Gasteiger partial charge on any atom is -0.381 e. The maximum Gasteiger partial charge on any atom is 0.226 e. The highest BCUT2D eigenvalue weighted by molar-refractivity contribution is 7.88. The van der Waals surface area contributed by atoms with Crippen LogP contribution in [0.5, 0.6) is 0 Å². The summed E-state index contributed by atoms with van der Waals surface area (Å²) in [6, 6.07) is -0.531. The minimum absolute atomic E-state index is 0.0280. The van der Waals surface area contributed by atoms with Gasteiger partial charge in [0.1, 0.15) is 0 Å². The SMILES string of the molecule is CC(C)C1CCC(OC[C@H]2[C@@H](NS(C)(=O)=O)CCCN2C(=O)C2CCOCC2)CC1. The van der Waals surface area contributed by atoms with Gasteiger partial charge in [-0.25, -0.2) is 13.1 Å². The number of hydrogen-bond donors (Lipinski definition) is 1. The molecule has 1 aliphatic carbocycles. The number of nitrogens with one attached hydrogen (secondary N) is 1. The second-order valence-electron chi connectivity index (χ2n) is 9.74. The molecular formula is C22H40N2O5S. The summed E-state index contributed by atoms with van der Waals surface area (Å²) in [6.45, 7) is 6.89. The molecule has 0 aromatic heterocycles. The zero-order valence-electron chi connectivity index (χ0n) is 18.8. The van der Waals surface area contributed by atoms with E-state index >= 15 is 0 Å². The Hall–Kier alpha value is -0.700. The van der Waals surface area contributed by atoms with Crippen molar-refractivity contribution in [3.05, 3.63) is 0 Å².